The number of benzene rings is 1. The molecule has 2 rings (SSSR count). The molecule has 0 saturated heterocycles. The molecule has 0 bridgehead atoms. The van der Waals surface area contributed by atoms with E-state index < -0.39 is 6.10 Å². The summed E-state index contributed by atoms with van der Waals surface area (Å²) in [7, 11) is 0. The Balaban J connectivity index is 1.97. The molecular formula is C12H16ClNO. The van der Waals surface area contributed by atoms with E-state index in [9.17, 15) is 5.11 Å². The van der Waals surface area contributed by atoms with Gasteiger partial charge in [0, 0.05) is 17.6 Å². The third-order valence-corrected chi connectivity index (χ3v) is 3.17. The summed E-state index contributed by atoms with van der Waals surface area (Å²) in [6.07, 6.45) is 2.02. The van der Waals surface area contributed by atoms with Gasteiger partial charge in [-0.2, -0.15) is 0 Å². The van der Waals surface area contributed by atoms with Gasteiger partial charge in [0.15, 0.2) is 0 Å². The van der Waals surface area contributed by atoms with Crippen molar-refractivity contribution in [3.63, 3.8) is 0 Å². The lowest BCUT2D eigenvalue weighted by molar-refractivity contribution is 0.174. The second kappa shape index (κ2) is 4.52. The summed E-state index contributed by atoms with van der Waals surface area (Å²) in [6.45, 7) is 2.57. The van der Waals surface area contributed by atoms with Gasteiger partial charge in [0.05, 0.1) is 6.10 Å². The quantitative estimate of drug-likeness (QED) is 0.825. The predicted octanol–water partition coefficient (Wildman–Crippen LogP) is 2.43. The monoisotopic (exact) mass is 225 g/mol. The van der Waals surface area contributed by atoms with Crippen LogP contribution in [0.15, 0.2) is 18.2 Å². The number of hydrogen-bond acceptors (Lipinski definition) is 2. The fraction of sp³-hybridized carbons (Fsp3) is 0.500. The molecule has 1 unspecified atom stereocenters. The summed E-state index contributed by atoms with van der Waals surface area (Å²) >= 11 is 6.00. The highest BCUT2D eigenvalue weighted by molar-refractivity contribution is 6.31. The van der Waals surface area contributed by atoms with Crippen LogP contribution in [0, 0.1) is 6.92 Å². The smallest absolute Gasteiger partial charge is 0.0914 e. The van der Waals surface area contributed by atoms with E-state index in [1.807, 2.05) is 25.1 Å². The van der Waals surface area contributed by atoms with Gasteiger partial charge in [-0.3, -0.25) is 0 Å². The van der Waals surface area contributed by atoms with Crippen LogP contribution < -0.4 is 5.32 Å². The average Bonchev–Trinajstić information content (AvgIpc) is 3.02. The fourth-order valence-corrected chi connectivity index (χ4v) is 1.69. The molecule has 1 atom stereocenters. The molecule has 1 fully saturated rings. The summed E-state index contributed by atoms with van der Waals surface area (Å²) in [5.41, 5.74) is 1.93. The molecular weight excluding hydrogens is 210 g/mol. The molecule has 2 N–H and O–H groups in total. The maximum absolute atomic E-state index is 9.89. The van der Waals surface area contributed by atoms with Gasteiger partial charge >= 0.3 is 0 Å². The molecule has 82 valence electrons. The molecule has 2 nitrogen and oxygen atoms in total. The molecule has 1 aromatic rings. The minimum atomic E-state index is -0.455. The SMILES string of the molecule is Cc1ccc(C(O)CNC2CC2)cc1Cl. The van der Waals surface area contributed by atoms with E-state index in [-0.39, 0.29) is 0 Å². The summed E-state index contributed by atoms with van der Waals surface area (Å²) in [5, 5.41) is 13.9. The van der Waals surface area contributed by atoms with Crippen LogP contribution >= 0.6 is 11.6 Å². The maximum atomic E-state index is 9.89. The van der Waals surface area contributed by atoms with Crippen molar-refractivity contribution in [1.29, 1.82) is 0 Å². The number of halogens is 1. The Hall–Kier alpha value is -0.570. The lowest BCUT2D eigenvalue weighted by atomic mass is 10.1. The maximum Gasteiger partial charge on any atom is 0.0914 e. The van der Waals surface area contributed by atoms with E-state index in [2.05, 4.69) is 5.32 Å². The Labute approximate surface area is 95.3 Å². The van der Waals surface area contributed by atoms with Crippen molar-refractivity contribution in [3.05, 3.63) is 34.3 Å². The second-order valence-corrected chi connectivity index (χ2v) is 4.61. The highest BCUT2D eigenvalue weighted by Crippen LogP contribution is 2.23. The van der Waals surface area contributed by atoms with Crippen molar-refractivity contribution >= 4 is 11.6 Å². The van der Waals surface area contributed by atoms with Gasteiger partial charge < -0.3 is 10.4 Å². The Morgan fingerprint density at radius 3 is 2.87 bits per heavy atom. The van der Waals surface area contributed by atoms with Crippen molar-refractivity contribution in [3.8, 4) is 0 Å². The van der Waals surface area contributed by atoms with Gasteiger partial charge in [-0.25, -0.2) is 0 Å². The second-order valence-electron chi connectivity index (χ2n) is 4.21. The van der Waals surface area contributed by atoms with Crippen LogP contribution in [0.1, 0.15) is 30.1 Å². The molecule has 0 heterocycles. The van der Waals surface area contributed by atoms with E-state index in [0.717, 1.165) is 16.1 Å². The first-order chi connectivity index (χ1) is 7.16. The minimum Gasteiger partial charge on any atom is -0.387 e. The fourth-order valence-electron chi connectivity index (χ4n) is 1.50. The summed E-state index contributed by atoms with van der Waals surface area (Å²) in [6, 6.07) is 6.34. The molecule has 0 aliphatic heterocycles. The average molecular weight is 226 g/mol. The molecule has 0 radical (unpaired) electrons. The molecule has 1 saturated carbocycles. The number of aryl methyl sites for hydroxylation is 1. The zero-order valence-electron chi connectivity index (χ0n) is 8.83. The zero-order chi connectivity index (χ0) is 10.8. The van der Waals surface area contributed by atoms with Gasteiger partial charge in [0.1, 0.15) is 0 Å². The first-order valence-corrected chi connectivity index (χ1v) is 5.72. The van der Waals surface area contributed by atoms with Crippen LogP contribution in [0.4, 0.5) is 0 Å². The Bertz CT molecular complexity index is 349. The lowest BCUT2D eigenvalue weighted by Crippen LogP contribution is -2.23. The Morgan fingerprint density at radius 2 is 2.27 bits per heavy atom. The predicted molar refractivity (Wildman–Crippen MR) is 62.2 cm³/mol. The molecule has 15 heavy (non-hydrogen) atoms. The standard InChI is InChI=1S/C12H16ClNO/c1-8-2-3-9(6-11(8)13)12(15)7-14-10-4-5-10/h2-3,6,10,12,14-15H,4-5,7H2,1H3. The topological polar surface area (TPSA) is 32.3 Å². The van der Waals surface area contributed by atoms with Gasteiger partial charge in [-0.15, -0.1) is 0 Å². The van der Waals surface area contributed by atoms with Crippen molar-refractivity contribution in [2.75, 3.05) is 6.54 Å². The molecule has 1 aliphatic carbocycles. The van der Waals surface area contributed by atoms with Gasteiger partial charge in [0.25, 0.3) is 0 Å². The van der Waals surface area contributed by atoms with Crippen molar-refractivity contribution in [2.24, 2.45) is 0 Å². The van der Waals surface area contributed by atoms with Gasteiger partial charge in [-0.05, 0) is 37.0 Å². The van der Waals surface area contributed by atoms with Crippen molar-refractivity contribution in [2.45, 2.75) is 31.9 Å². The van der Waals surface area contributed by atoms with Crippen LogP contribution in [0.5, 0.6) is 0 Å². The lowest BCUT2D eigenvalue weighted by Gasteiger charge is -2.12. The molecule has 1 aliphatic rings. The first-order valence-electron chi connectivity index (χ1n) is 5.34. The molecule has 0 aromatic heterocycles. The summed E-state index contributed by atoms with van der Waals surface area (Å²) in [4.78, 5) is 0. The minimum absolute atomic E-state index is 0.455. The molecule has 3 heteroatoms. The third-order valence-electron chi connectivity index (χ3n) is 2.76. The Kier molecular flexibility index (Phi) is 3.29. The van der Waals surface area contributed by atoms with Crippen molar-refractivity contribution < 1.29 is 5.11 Å². The van der Waals surface area contributed by atoms with Crippen LogP contribution in [0.25, 0.3) is 0 Å². The van der Waals surface area contributed by atoms with E-state index in [0.29, 0.717) is 12.6 Å². The number of nitrogens with one attached hydrogen (secondary N) is 1. The van der Waals surface area contributed by atoms with Gasteiger partial charge in [0.2, 0.25) is 0 Å². The summed E-state index contributed by atoms with van der Waals surface area (Å²) < 4.78 is 0. The highest BCUT2D eigenvalue weighted by Gasteiger charge is 2.21. The van der Waals surface area contributed by atoms with Crippen LogP contribution in [0.3, 0.4) is 0 Å². The first kappa shape index (κ1) is 10.9. The van der Waals surface area contributed by atoms with Crippen LogP contribution in [-0.4, -0.2) is 17.7 Å². The molecule has 0 amide bonds. The van der Waals surface area contributed by atoms with E-state index >= 15 is 0 Å². The van der Waals surface area contributed by atoms with Crippen LogP contribution in [-0.2, 0) is 0 Å². The van der Waals surface area contributed by atoms with E-state index in [1.165, 1.54) is 12.8 Å². The third kappa shape index (κ3) is 2.94. The van der Waals surface area contributed by atoms with E-state index in [4.69, 9.17) is 11.6 Å². The molecule has 1 aromatic carbocycles. The Morgan fingerprint density at radius 1 is 1.53 bits per heavy atom. The number of hydrogen-bond donors (Lipinski definition) is 2. The van der Waals surface area contributed by atoms with Crippen LogP contribution in [0.2, 0.25) is 5.02 Å². The van der Waals surface area contributed by atoms with Crippen molar-refractivity contribution in [1.82, 2.24) is 5.32 Å². The number of aliphatic hydroxyl groups is 1. The van der Waals surface area contributed by atoms with E-state index in [1.54, 1.807) is 0 Å². The largest absolute Gasteiger partial charge is 0.387 e. The van der Waals surface area contributed by atoms with Gasteiger partial charge in [-0.1, -0.05) is 23.7 Å². The molecule has 0 spiro atoms. The summed E-state index contributed by atoms with van der Waals surface area (Å²) in [5.74, 6) is 0. The highest BCUT2D eigenvalue weighted by atomic mass is 35.5. The normalized spacial score (nSPS) is 17.8. The number of aliphatic hydroxyl groups excluding tert-OH is 1. The zero-order valence-corrected chi connectivity index (χ0v) is 9.59. The number of rotatable bonds is 4.